The lowest BCUT2D eigenvalue weighted by atomic mass is 9.78. The number of nitrogens with one attached hydrogen (secondary N) is 2. The van der Waals surface area contributed by atoms with Crippen LogP contribution in [-0.2, 0) is 9.59 Å². The first kappa shape index (κ1) is 20.4. The summed E-state index contributed by atoms with van der Waals surface area (Å²) >= 11 is 0. The van der Waals surface area contributed by atoms with E-state index in [4.69, 9.17) is 4.74 Å². The Labute approximate surface area is 169 Å². The van der Waals surface area contributed by atoms with Crippen LogP contribution in [0.3, 0.4) is 0 Å². The molecule has 1 fully saturated rings. The zero-order chi connectivity index (χ0) is 20.8. The van der Waals surface area contributed by atoms with Crippen LogP contribution in [0.25, 0.3) is 0 Å². The Morgan fingerprint density at radius 3 is 2.21 bits per heavy atom. The first-order valence-electron chi connectivity index (χ1n) is 9.56. The van der Waals surface area contributed by atoms with Crippen LogP contribution >= 0.6 is 0 Å². The van der Waals surface area contributed by atoms with E-state index in [9.17, 15) is 19.5 Å². The van der Waals surface area contributed by atoms with E-state index in [1.165, 1.54) is 7.11 Å². The highest BCUT2D eigenvalue weighted by atomic mass is 16.5. The van der Waals surface area contributed by atoms with Crippen molar-refractivity contribution in [1.29, 1.82) is 0 Å². The van der Waals surface area contributed by atoms with Gasteiger partial charge in [-0.15, -0.1) is 0 Å². The van der Waals surface area contributed by atoms with Crippen LogP contribution in [0.1, 0.15) is 36.0 Å². The molecule has 0 saturated heterocycles. The summed E-state index contributed by atoms with van der Waals surface area (Å²) in [5.41, 5.74) is 1.10. The van der Waals surface area contributed by atoms with Gasteiger partial charge in [0.25, 0.3) is 5.91 Å². The Bertz CT molecular complexity index is 912. The van der Waals surface area contributed by atoms with Crippen molar-refractivity contribution in [3.63, 3.8) is 0 Å². The topological polar surface area (TPSA) is 108 Å². The lowest BCUT2D eigenvalue weighted by molar-refractivity contribution is -0.313. The molecule has 2 amide bonds. The number of anilines is 2. The van der Waals surface area contributed by atoms with Crippen molar-refractivity contribution in [3.05, 3.63) is 54.1 Å². The number of carboxylic acids is 1. The summed E-state index contributed by atoms with van der Waals surface area (Å²) in [5, 5.41) is 16.9. The van der Waals surface area contributed by atoms with Gasteiger partial charge in [0.15, 0.2) is 0 Å². The number of hydrogen-bond acceptors (Lipinski definition) is 5. The minimum atomic E-state index is -1.20. The fourth-order valence-corrected chi connectivity index (χ4v) is 3.68. The summed E-state index contributed by atoms with van der Waals surface area (Å²) < 4.78 is 5.24. The molecule has 2 aromatic carbocycles. The molecular weight excluding hydrogens is 372 g/mol. The zero-order valence-electron chi connectivity index (χ0n) is 16.1. The van der Waals surface area contributed by atoms with Crippen molar-refractivity contribution in [2.24, 2.45) is 11.8 Å². The Hall–Kier alpha value is -3.35. The van der Waals surface area contributed by atoms with E-state index < -0.39 is 29.6 Å². The number of amides is 2. The van der Waals surface area contributed by atoms with Gasteiger partial charge in [0, 0.05) is 17.8 Å². The lowest BCUT2D eigenvalue weighted by Gasteiger charge is -2.31. The molecule has 7 nitrogen and oxygen atoms in total. The van der Waals surface area contributed by atoms with E-state index in [-0.39, 0.29) is 5.56 Å². The molecule has 2 N–H and O–H groups in total. The molecule has 29 heavy (non-hydrogen) atoms. The van der Waals surface area contributed by atoms with Crippen molar-refractivity contribution in [3.8, 4) is 5.75 Å². The highest BCUT2D eigenvalue weighted by Gasteiger charge is 2.32. The van der Waals surface area contributed by atoms with Gasteiger partial charge in [0.2, 0.25) is 5.91 Å². The summed E-state index contributed by atoms with van der Waals surface area (Å²) in [4.78, 5) is 37.0. The predicted molar refractivity (Wildman–Crippen MR) is 106 cm³/mol. The number of aliphatic carboxylic acids is 1. The third-order valence-corrected chi connectivity index (χ3v) is 5.19. The molecule has 2 atom stereocenters. The fourth-order valence-electron chi connectivity index (χ4n) is 3.68. The maximum atomic E-state index is 12.8. The van der Waals surface area contributed by atoms with Crippen LogP contribution in [-0.4, -0.2) is 24.9 Å². The zero-order valence-corrected chi connectivity index (χ0v) is 16.1. The van der Waals surface area contributed by atoms with Gasteiger partial charge in [0.1, 0.15) is 5.75 Å². The molecule has 1 aliphatic carbocycles. The molecule has 1 saturated carbocycles. The predicted octanol–water partition coefficient (Wildman–Crippen LogP) is 2.44. The molecule has 1 aliphatic rings. The molecule has 152 valence electrons. The third kappa shape index (κ3) is 4.74. The average molecular weight is 395 g/mol. The summed E-state index contributed by atoms with van der Waals surface area (Å²) in [5.74, 6) is -2.98. The van der Waals surface area contributed by atoms with E-state index >= 15 is 0 Å². The molecule has 0 aromatic heterocycles. The van der Waals surface area contributed by atoms with Gasteiger partial charge in [0.05, 0.1) is 24.0 Å². The minimum Gasteiger partial charge on any atom is -0.550 e. The first-order valence-corrected chi connectivity index (χ1v) is 9.56. The fraction of sp³-hybridized carbons (Fsp3) is 0.318. The molecule has 0 bridgehead atoms. The SMILES string of the molecule is COc1ccccc1NC(=O)c1ccccc1NC(=O)C1CCCCC1C(=O)[O-]. The van der Waals surface area contributed by atoms with Gasteiger partial charge in [-0.25, -0.2) is 0 Å². The molecular formula is C22H23N2O5-. The van der Waals surface area contributed by atoms with Crippen molar-refractivity contribution in [2.45, 2.75) is 25.7 Å². The van der Waals surface area contributed by atoms with Gasteiger partial charge in [-0.1, -0.05) is 37.1 Å². The van der Waals surface area contributed by atoms with Crippen LogP contribution in [0.2, 0.25) is 0 Å². The van der Waals surface area contributed by atoms with E-state index in [1.807, 2.05) is 0 Å². The van der Waals surface area contributed by atoms with Crippen LogP contribution in [0.15, 0.2) is 48.5 Å². The maximum Gasteiger partial charge on any atom is 0.257 e. The van der Waals surface area contributed by atoms with Gasteiger partial charge >= 0.3 is 0 Å². The number of carbonyl (C=O) groups is 3. The van der Waals surface area contributed by atoms with E-state index in [1.54, 1.807) is 48.5 Å². The largest absolute Gasteiger partial charge is 0.550 e. The lowest BCUT2D eigenvalue weighted by Crippen LogP contribution is -2.42. The number of ether oxygens (including phenoxy) is 1. The Balaban J connectivity index is 1.79. The van der Waals surface area contributed by atoms with Crippen LogP contribution in [0, 0.1) is 11.8 Å². The number of para-hydroxylation sites is 3. The van der Waals surface area contributed by atoms with Crippen molar-refractivity contribution >= 4 is 29.2 Å². The molecule has 2 aromatic rings. The van der Waals surface area contributed by atoms with E-state index in [0.29, 0.717) is 30.0 Å². The quantitative estimate of drug-likeness (QED) is 0.781. The number of carbonyl (C=O) groups excluding carboxylic acids is 3. The number of rotatable bonds is 6. The standard InChI is InChI=1S/C22H24N2O5/c1-29-19-13-7-6-12-18(19)24-21(26)16-10-4-5-11-17(16)23-20(25)14-8-2-3-9-15(14)22(27)28/h4-7,10-15H,2-3,8-9H2,1H3,(H,23,25)(H,24,26)(H,27,28)/p-1. The van der Waals surface area contributed by atoms with Gasteiger partial charge in [-0.2, -0.15) is 0 Å². The second-order valence-electron chi connectivity index (χ2n) is 7.01. The maximum absolute atomic E-state index is 12.8. The monoisotopic (exact) mass is 395 g/mol. The molecule has 3 rings (SSSR count). The molecule has 0 heterocycles. The highest BCUT2D eigenvalue weighted by Crippen LogP contribution is 2.31. The summed E-state index contributed by atoms with van der Waals surface area (Å²) in [6, 6.07) is 13.6. The smallest absolute Gasteiger partial charge is 0.257 e. The number of benzene rings is 2. The normalized spacial score (nSPS) is 18.5. The van der Waals surface area contributed by atoms with Crippen molar-refractivity contribution < 1.29 is 24.2 Å². The minimum absolute atomic E-state index is 0.271. The van der Waals surface area contributed by atoms with Gasteiger partial charge < -0.3 is 25.3 Å². The van der Waals surface area contributed by atoms with Gasteiger partial charge in [-0.05, 0) is 37.1 Å². The van der Waals surface area contributed by atoms with Crippen LogP contribution in [0.4, 0.5) is 11.4 Å². The molecule has 0 aliphatic heterocycles. The molecule has 0 radical (unpaired) electrons. The molecule has 0 spiro atoms. The van der Waals surface area contributed by atoms with Crippen LogP contribution in [0.5, 0.6) is 5.75 Å². The highest BCUT2D eigenvalue weighted by molar-refractivity contribution is 6.10. The number of carboxylic acid groups (broad SMARTS) is 1. The van der Waals surface area contributed by atoms with Crippen LogP contribution < -0.4 is 20.5 Å². The average Bonchev–Trinajstić information content (AvgIpc) is 2.74. The van der Waals surface area contributed by atoms with E-state index in [2.05, 4.69) is 10.6 Å². The summed E-state index contributed by atoms with van der Waals surface area (Å²) in [6.45, 7) is 0. The summed E-state index contributed by atoms with van der Waals surface area (Å²) in [6.07, 6.45) is 2.47. The Morgan fingerprint density at radius 1 is 0.897 bits per heavy atom. The Morgan fingerprint density at radius 2 is 1.52 bits per heavy atom. The molecule has 7 heteroatoms. The second kappa shape index (κ2) is 9.23. The number of hydrogen-bond donors (Lipinski definition) is 2. The van der Waals surface area contributed by atoms with E-state index in [0.717, 1.165) is 12.8 Å². The molecule has 2 unspecified atom stereocenters. The van der Waals surface area contributed by atoms with Crippen molar-refractivity contribution in [1.82, 2.24) is 0 Å². The first-order chi connectivity index (χ1) is 14.0. The van der Waals surface area contributed by atoms with Gasteiger partial charge in [-0.3, -0.25) is 9.59 Å². The summed E-state index contributed by atoms with van der Waals surface area (Å²) in [7, 11) is 1.51. The number of methoxy groups -OCH3 is 1. The van der Waals surface area contributed by atoms with Crippen molar-refractivity contribution in [2.75, 3.05) is 17.7 Å². The second-order valence-corrected chi connectivity index (χ2v) is 7.01. The third-order valence-electron chi connectivity index (χ3n) is 5.19. The Kier molecular flexibility index (Phi) is 6.49.